The predicted octanol–water partition coefficient (Wildman–Crippen LogP) is 0.621. The second-order valence-corrected chi connectivity index (χ2v) is 6.01. The standard InChI is InChI=1S/C14H25N3O2/c1-6-16-9-13(19)17(10-12(16)18)8-11(2)7-15-14(3,4)5/h15H,2,6-10H2,1,3-5H3. The minimum atomic E-state index is -0.00152. The summed E-state index contributed by atoms with van der Waals surface area (Å²) in [5.74, 6) is 0.0111. The number of hydrogen-bond donors (Lipinski definition) is 1. The van der Waals surface area contributed by atoms with Crippen LogP contribution in [0.1, 0.15) is 27.7 Å². The molecule has 0 spiro atoms. The van der Waals surface area contributed by atoms with E-state index in [2.05, 4.69) is 32.7 Å². The molecule has 1 N–H and O–H groups in total. The highest BCUT2D eigenvalue weighted by Gasteiger charge is 2.28. The van der Waals surface area contributed by atoms with Gasteiger partial charge < -0.3 is 15.1 Å². The van der Waals surface area contributed by atoms with E-state index in [9.17, 15) is 9.59 Å². The van der Waals surface area contributed by atoms with Gasteiger partial charge in [-0.25, -0.2) is 0 Å². The van der Waals surface area contributed by atoms with Crippen molar-refractivity contribution in [3.8, 4) is 0 Å². The van der Waals surface area contributed by atoms with Gasteiger partial charge in [0.15, 0.2) is 0 Å². The van der Waals surface area contributed by atoms with E-state index in [4.69, 9.17) is 0 Å². The highest BCUT2D eigenvalue weighted by molar-refractivity contribution is 5.92. The number of nitrogens with one attached hydrogen (secondary N) is 1. The summed E-state index contributed by atoms with van der Waals surface area (Å²) < 4.78 is 0. The lowest BCUT2D eigenvalue weighted by Gasteiger charge is -2.34. The number of hydrogen-bond acceptors (Lipinski definition) is 3. The molecule has 0 bridgehead atoms. The molecule has 0 aliphatic carbocycles. The van der Waals surface area contributed by atoms with Crippen molar-refractivity contribution in [2.24, 2.45) is 0 Å². The summed E-state index contributed by atoms with van der Waals surface area (Å²) in [6.07, 6.45) is 0. The van der Waals surface area contributed by atoms with Crippen LogP contribution in [0.5, 0.6) is 0 Å². The molecule has 1 aliphatic rings. The van der Waals surface area contributed by atoms with Crippen molar-refractivity contribution < 1.29 is 9.59 Å². The third-order valence-electron chi connectivity index (χ3n) is 3.02. The van der Waals surface area contributed by atoms with Gasteiger partial charge >= 0.3 is 0 Å². The first-order valence-corrected chi connectivity index (χ1v) is 6.70. The molecule has 2 amide bonds. The Morgan fingerprint density at radius 1 is 1.21 bits per heavy atom. The minimum absolute atomic E-state index is 0.00152. The lowest BCUT2D eigenvalue weighted by atomic mass is 10.1. The largest absolute Gasteiger partial charge is 0.332 e. The van der Waals surface area contributed by atoms with Crippen LogP contribution in [0.3, 0.4) is 0 Å². The first kappa shape index (κ1) is 15.7. The van der Waals surface area contributed by atoms with Gasteiger partial charge in [-0.1, -0.05) is 6.58 Å². The van der Waals surface area contributed by atoms with E-state index in [1.54, 1.807) is 9.80 Å². The van der Waals surface area contributed by atoms with Crippen LogP contribution in [0.25, 0.3) is 0 Å². The van der Waals surface area contributed by atoms with E-state index in [1.807, 2.05) is 6.92 Å². The van der Waals surface area contributed by atoms with Gasteiger partial charge in [0.2, 0.25) is 11.8 Å². The van der Waals surface area contributed by atoms with Gasteiger partial charge in [0, 0.05) is 25.2 Å². The zero-order valence-electron chi connectivity index (χ0n) is 12.5. The van der Waals surface area contributed by atoms with Gasteiger partial charge in [0.25, 0.3) is 0 Å². The molecule has 0 saturated carbocycles. The van der Waals surface area contributed by atoms with Gasteiger partial charge in [-0.2, -0.15) is 0 Å². The van der Waals surface area contributed by atoms with E-state index in [0.29, 0.717) is 19.6 Å². The van der Waals surface area contributed by atoms with Crippen molar-refractivity contribution in [3.63, 3.8) is 0 Å². The van der Waals surface area contributed by atoms with E-state index in [1.165, 1.54) is 0 Å². The minimum Gasteiger partial charge on any atom is -0.332 e. The van der Waals surface area contributed by atoms with Gasteiger partial charge in [-0.05, 0) is 33.3 Å². The fourth-order valence-electron chi connectivity index (χ4n) is 1.85. The Morgan fingerprint density at radius 3 is 2.26 bits per heavy atom. The maximum absolute atomic E-state index is 11.9. The maximum atomic E-state index is 11.9. The number of carbonyl (C=O) groups is 2. The third-order valence-corrected chi connectivity index (χ3v) is 3.02. The molecule has 1 fully saturated rings. The van der Waals surface area contributed by atoms with Crippen molar-refractivity contribution in [2.75, 3.05) is 32.7 Å². The van der Waals surface area contributed by atoms with Gasteiger partial charge in [0.1, 0.15) is 6.54 Å². The second-order valence-electron chi connectivity index (χ2n) is 6.01. The normalized spacial score (nSPS) is 17.1. The number of amides is 2. The molecular formula is C14H25N3O2. The van der Waals surface area contributed by atoms with E-state index < -0.39 is 0 Å². The van der Waals surface area contributed by atoms with Crippen molar-refractivity contribution in [1.82, 2.24) is 15.1 Å². The molecule has 5 heteroatoms. The van der Waals surface area contributed by atoms with Crippen LogP contribution in [0.2, 0.25) is 0 Å². The van der Waals surface area contributed by atoms with Crippen LogP contribution in [0.15, 0.2) is 12.2 Å². The van der Waals surface area contributed by atoms with Crippen molar-refractivity contribution in [2.45, 2.75) is 33.2 Å². The fraction of sp³-hybridized carbons (Fsp3) is 0.714. The Morgan fingerprint density at radius 2 is 1.74 bits per heavy atom. The summed E-state index contributed by atoms with van der Waals surface area (Å²) >= 11 is 0. The Balaban J connectivity index is 2.47. The Bertz CT molecular complexity index is 371. The maximum Gasteiger partial charge on any atom is 0.242 e. The average molecular weight is 267 g/mol. The van der Waals surface area contributed by atoms with Crippen LogP contribution < -0.4 is 5.32 Å². The molecule has 5 nitrogen and oxygen atoms in total. The van der Waals surface area contributed by atoms with E-state index >= 15 is 0 Å². The molecule has 1 saturated heterocycles. The molecule has 0 aromatic carbocycles. The molecule has 108 valence electrons. The van der Waals surface area contributed by atoms with E-state index in [-0.39, 0.29) is 30.4 Å². The highest BCUT2D eigenvalue weighted by atomic mass is 16.2. The van der Waals surface area contributed by atoms with Crippen molar-refractivity contribution in [3.05, 3.63) is 12.2 Å². The molecule has 1 aliphatic heterocycles. The third kappa shape index (κ3) is 5.03. The summed E-state index contributed by atoms with van der Waals surface area (Å²) in [4.78, 5) is 26.8. The lowest BCUT2D eigenvalue weighted by molar-refractivity contribution is -0.149. The van der Waals surface area contributed by atoms with E-state index in [0.717, 1.165) is 5.57 Å². The molecule has 0 atom stereocenters. The topological polar surface area (TPSA) is 52.7 Å². The van der Waals surface area contributed by atoms with Crippen LogP contribution in [0, 0.1) is 0 Å². The monoisotopic (exact) mass is 267 g/mol. The number of piperazine rings is 1. The Kier molecular flexibility index (Phi) is 5.11. The molecule has 0 radical (unpaired) electrons. The zero-order chi connectivity index (χ0) is 14.6. The van der Waals surface area contributed by atoms with Crippen LogP contribution in [-0.2, 0) is 9.59 Å². The smallest absolute Gasteiger partial charge is 0.242 e. The van der Waals surface area contributed by atoms with Crippen molar-refractivity contribution in [1.29, 1.82) is 0 Å². The van der Waals surface area contributed by atoms with Gasteiger partial charge in [-0.3, -0.25) is 9.59 Å². The lowest BCUT2D eigenvalue weighted by Crippen LogP contribution is -2.54. The van der Waals surface area contributed by atoms with Crippen LogP contribution >= 0.6 is 0 Å². The molecule has 19 heavy (non-hydrogen) atoms. The zero-order valence-corrected chi connectivity index (χ0v) is 12.5. The second kappa shape index (κ2) is 6.19. The number of likely N-dealkylation sites (N-methyl/N-ethyl adjacent to an activating group) is 1. The average Bonchev–Trinajstić information content (AvgIpc) is 2.30. The fourth-order valence-corrected chi connectivity index (χ4v) is 1.85. The SMILES string of the molecule is C=C(CNC(C)(C)C)CN1CC(=O)N(CC)CC1=O. The molecule has 1 rings (SSSR count). The molecule has 1 heterocycles. The summed E-state index contributed by atoms with van der Waals surface area (Å²) in [5.41, 5.74) is 0.935. The predicted molar refractivity (Wildman–Crippen MR) is 75.7 cm³/mol. The quantitative estimate of drug-likeness (QED) is 0.743. The summed E-state index contributed by atoms with van der Waals surface area (Å²) in [6, 6.07) is 0. The van der Waals surface area contributed by atoms with Crippen LogP contribution in [-0.4, -0.2) is 59.9 Å². The van der Waals surface area contributed by atoms with Gasteiger partial charge in [0.05, 0.1) is 6.54 Å². The highest BCUT2D eigenvalue weighted by Crippen LogP contribution is 2.07. The first-order valence-electron chi connectivity index (χ1n) is 6.70. The Labute approximate surface area is 115 Å². The summed E-state index contributed by atoms with van der Waals surface area (Å²) in [6.45, 7) is 14.1. The molecule has 0 unspecified atom stereocenters. The number of carbonyl (C=O) groups excluding carboxylic acids is 2. The van der Waals surface area contributed by atoms with Crippen molar-refractivity contribution >= 4 is 11.8 Å². The summed E-state index contributed by atoms with van der Waals surface area (Å²) in [5, 5.41) is 3.32. The molecule has 0 aromatic rings. The molecule has 0 aromatic heterocycles. The summed E-state index contributed by atoms with van der Waals surface area (Å²) in [7, 11) is 0. The molecular weight excluding hydrogens is 242 g/mol. The first-order chi connectivity index (χ1) is 8.73. The Hall–Kier alpha value is -1.36. The van der Waals surface area contributed by atoms with Gasteiger partial charge in [-0.15, -0.1) is 0 Å². The number of rotatable bonds is 5. The van der Waals surface area contributed by atoms with Crippen LogP contribution in [0.4, 0.5) is 0 Å². The number of nitrogens with zero attached hydrogens (tertiary/aromatic N) is 2.